The number of hydrogen-bond acceptors (Lipinski definition) is 3. The van der Waals surface area contributed by atoms with Crippen molar-refractivity contribution in [3.05, 3.63) is 58.1 Å². The molecule has 0 aliphatic rings. The molecule has 0 aliphatic carbocycles. The maximum Gasteiger partial charge on any atom is 0.238 e. The Labute approximate surface area is 165 Å². The van der Waals surface area contributed by atoms with Crippen molar-refractivity contribution in [2.24, 2.45) is 0 Å². The van der Waals surface area contributed by atoms with Crippen molar-refractivity contribution < 1.29 is 9.59 Å². The molecule has 0 atom stereocenters. The second kappa shape index (κ2) is 9.53. The summed E-state index contributed by atoms with van der Waals surface area (Å²) in [6.07, 6.45) is 0. The van der Waals surface area contributed by atoms with Gasteiger partial charge in [0.15, 0.2) is 0 Å². The minimum absolute atomic E-state index is 0.128. The number of nitrogens with one attached hydrogen (secondary N) is 2. The van der Waals surface area contributed by atoms with Crippen LogP contribution in [0, 0.1) is 20.8 Å². The molecule has 0 saturated carbocycles. The first kappa shape index (κ1) is 20.9. The van der Waals surface area contributed by atoms with Gasteiger partial charge in [0.1, 0.15) is 0 Å². The number of rotatable bonds is 7. The molecular formula is C21H26ClN3O2. The van der Waals surface area contributed by atoms with Gasteiger partial charge in [-0.1, -0.05) is 30.7 Å². The third-order valence-electron chi connectivity index (χ3n) is 4.45. The van der Waals surface area contributed by atoms with Gasteiger partial charge in [-0.25, -0.2) is 0 Å². The zero-order chi connectivity index (χ0) is 20.0. The number of carbonyl (C=O) groups excluding carboxylic acids is 2. The van der Waals surface area contributed by atoms with Crippen molar-refractivity contribution in [1.82, 2.24) is 4.90 Å². The first-order chi connectivity index (χ1) is 12.8. The lowest BCUT2D eigenvalue weighted by molar-refractivity contribution is -0.119. The van der Waals surface area contributed by atoms with E-state index < -0.39 is 0 Å². The third kappa shape index (κ3) is 6.38. The zero-order valence-electron chi connectivity index (χ0n) is 16.2. The summed E-state index contributed by atoms with van der Waals surface area (Å²) in [5.74, 6) is -0.326. The Bertz CT molecular complexity index is 836. The molecule has 5 nitrogen and oxygen atoms in total. The molecule has 0 bridgehead atoms. The van der Waals surface area contributed by atoms with Crippen molar-refractivity contribution in [2.75, 3.05) is 30.3 Å². The average molecular weight is 388 g/mol. The molecular weight excluding hydrogens is 362 g/mol. The van der Waals surface area contributed by atoms with E-state index in [1.165, 1.54) is 5.56 Å². The summed E-state index contributed by atoms with van der Waals surface area (Å²) < 4.78 is 0. The van der Waals surface area contributed by atoms with Crippen LogP contribution in [0.15, 0.2) is 36.4 Å². The lowest BCUT2D eigenvalue weighted by Gasteiger charge is -2.20. The van der Waals surface area contributed by atoms with Gasteiger partial charge >= 0.3 is 0 Å². The highest BCUT2D eigenvalue weighted by atomic mass is 35.5. The Kier molecular flexibility index (Phi) is 7.39. The van der Waals surface area contributed by atoms with Crippen LogP contribution in [-0.2, 0) is 9.59 Å². The summed E-state index contributed by atoms with van der Waals surface area (Å²) >= 11 is 5.99. The van der Waals surface area contributed by atoms with Crippen LogP contribution in [0.25, 0.3) is 0 Å². The number of likely N-dealkylation sites (N-methyl/N-ethyl adjacent to an activating group) is 1. The summed E-state index contributed by atoms with van der Waals surface area (Å²) in [7, 11) is 0. The van der Waals surface area contributed by atoms with Crippen LogP contribution in [0.3, 0.4) is 0 Å². The second-order valence-electron chi connectivity index (χ2n) is 6.66. The lowest BCUT2D eigenvalue weighted by Crippen LogP contribution is -2.38. The molecule has 6 heteroatoms. The summed E-state index contributed by atoms with van der Waals surface area (Å²) in [5.41, 5.74) is 4.68. The largest absolute Gasteiger partial charge is 0.325 e. The van der Waals surface area contributed by atoms with E-state index in [4.69, 9.17) is 11.6 Å². The molecule has 0 spiro atoms. The average Bonchev–Trinajstić information content (AvgIpc) is 2.60. The fourth-order valence-electron chi connectivity index (χ4n) is 2.62. The molecule has 0 saturated heterocycles. The molecule has 2 aromatic carbocycles. The van der Waals surface area contributed by atoms with E-state index in [2.05, 4.69) is 10.6 Å². The molecule has 0 radical (unpaired) electrons. The van der Waals surface area contributed by atoms with Gasteiger partial charge in [0.2, 0.25) is 11.8 Å². The second-order valence-corrected chi connectivity index (χ2v) is 7.09. The van der Waals surface area contributed by atoms with Crippen molar-refractivity contribution in [3.8, 4) is 0 Å². The smallest absolute Gasteiger partial charge is 0.238 e. The lowest BCUT2D eigenvalue weighted by atomic mass is 10.1. The van der Waals surface area contributed by atoms with E-state index in [9.17, 15) is 9.59 Å². The fraction of sp³-hybridized carbons (Fsp3) is 0.333. The van der Waals surface area contributed by atoms with E-state index in [-0.39, 0.29) is 24.9 Å². The highest BCUT2D eigenvalue weighted by Gasteiger charge is 2.14. The summed E-state index contributed by atoms with van der Waals surface area (Å²) in [5, 5.41) is 6.31. The summed E-state index contributed by atoms with van der Waals surface area (Å²) in [4.78, 5) is 26.4. The van der Waals surface area contributed by atoms with E-state index in [1.807, 2.05) is 52.0 Å². The monoisotopic (exact) mass is 387 g/mol. The number of benzene rings is 2. The number of nitrogens with zero attached hydrogens (tertiary/aromatic N) is 1. The van der Waals surface area contributed by atoms with Crippen molar-refractivity contribution in [3.63, 3.8) is 0 Å². The molecule has 2 N–H and O–H groups in total. The Morgan fingerprint density at radius 2 is 1.52 bits per heavy atom. The van der Waals surface area contributed by atoms with Gasteiger partial charge in [-0.3, -0.25) is 14.5 Å². The SMILES string of the molecule is CCN(CC(=O)Nc1ccc(C)c(C)c1)CC(=O)Nc1cc(Cl)ccc1C. The van der Waals surface area contributed by atoms with Gasteiger partial charge < -0.3 is 10.6 Å². The molecule has 2 amide bonds. The van der Waals surface area contributed by atoms with E-state index in [1.54, 1.807) is 17.0 Å². The number of anilines is 2. The molecule has 144 valence electrons. The van der Waals surface area contributed by atoms with Gasteiger partial charge in [-0.2, -0.15) is 0 Å². The van der Waals surface area contributed by atoms with Crippen LogP contribution < -0.4 is 10.6 Å². The highest BCUT2D eigenvalue weighted by Crippen LogP contribution is 2.20. The molecule has 2 rings (SSSR count). The number of aryl methyl sites for hydroxylation is 3. The van der Waals surface area contributed by atoms with Crippen molar-refractivity contribution in [2.45, 2.75) is 27.7 Å². The molecule has 27 heavy (non-hydrogen) atoms. The fourth-order valence-corrected chi connectivity index (χ4v) is 2.80. The summed E-state index contributed by atoms with van der Waals surface area (Å²) in [6.45, 7) is 8.71. The van der Waals surface area contributed by atoms with Crippen molar-refractivity contribution in [1.29, 1.82) is 0 Å². The molecule has 2 aromatic rings. The van der Waals surface area contributed by atoms with Crippen LogP contribution >= 0.6 is 11.6 Å². The molecule has 0 aromatic heterocycles. The Hall–Kier alpha value is -2.37. The van der Waals surface area contributed by atoms with Gasteiger partial charge in [0.05, 0.1) is 13.1 Å². The molecule has 0 heterocycles. The highest BCUT2D eigenvalue weighted by molar-refractivity contribution is 6.31. The van der Waals surface area contributed by atoms with E-state index in [0.29, 0.717) is 17.3 Å². The first-order valence-corrected chi connectivity index (χ1v) is 9.31. The Balaban J connectivity index is 1.91. The first-order valence-electron chi connectivity index (χ1n) is 8.94. The van der Waals surface area contributed by atoms with Crippen LogP contribution in [-0.4, -0.2) is 36.3 Å². The molecule has 0 unspecified atom stereocenters. The van der Waals surface area contributed by atoms with Gasteiger partial charge in [-0.05, 0) is 68.3 Å². The Morgan fingerprint density at radius 3 is 2.15 bits per heavy atom. The van der Waals surface area contributed by atoms with E-state index >= 15 is 0 Å². The standard InChI is InChI=1S/C21H26ClN3O2/c1-5-25(12-20(26)23-18-9-7-14(2)16(4)10-18)13-21(27)24-19-11-17(22)8-6-15(19)3/h6-11H,5,12-13H2,1-4H3,(H,23,26)(H,24,27). The van der Waals surface area contributed by atoms with Gasteiger partial charge in [-0.15, -0.1) is 0 Å². The van der Waals surface area contributed by atoms with Gasteiger partial charge in [0, 0.05) is 16.4 Å². The quantitative estimate of drug-likeness (QED) is 0.749. The van der Waals surface area contributed by atoms with Crippen LogP contribution in [0.2, 0.25) is 5.02 Å². The van der Waals surface area contributed by atoms with Crippen LogP contribution in [0.5, 0.6) is 0 Å². The maximum atomic E-state index is 12.3. The summed E-state index contributed by atoms with van der Waals surface area (Å²) in [6, 6.07) is 11.2. The molecule has 0 aliphatic heterocycles. The van der Waals surface area contributed by atoms with Crippen LogP contribution in [0.4, 0.5) is 11.4 Å². The minimum atomic E-state index is -0.179. The predicted octanol–water partition coefficient (Wildman–Crippen LogP) is 4.16. The van der Waals surface area contributed by atoms with Crippen molar-refractivity contribution >= 4 is 34.8 Å². The zero-order valence-corrected chi connectivity index (χ0v) is 17.0. The molecule has 0 fully saturated rings. The number of halogens is 1. The van der Waals surface area contributed by atoms with Crippen LogP contribution in [0.1, 0.15) is 23.6 Å². The Morgan fingerprint density at radius 1 is 0.889 bits per heavy atom. The van der Waals surface area contributed by atoms with Gasteiger partial charge in [0.25, 0.3) is 0 Å². The predicted molar refractivity (Wildman–Crippen MR) is 111 cm³/mol. The normalized spacial score (nSPS) is 10.7. The number of carbonyl (C=O) groups is 2. The topological polar surface area (TPSA) is 61.4 Å². The van der Waals surface area contributed by atoms with E-state index in [0.717, 1.165) is 16.8 Å². The minimum Gasteiger partial charge on any atom is -0.325 e. The third-order valence-corrected chi connectivity index (χ3v) is 4.68. The number of amides is 2. The number of hydrogen-bond donors (Lipinski definition) is 2. The maximum absolute atomic E-state index is 12.3.